The minimum atomic E-state index is -0.560. The van der Waals surface area contributed by atoms with Gasteiger partial charge in [0, 0.05) is 13.2 Å². The monoisotopic (exact) mass is 370 g/mol. The van der Waals surface area contributed by atoms with Crippen LogP contribution < -0.4 is 0 Å². The molecule has 0 aliphatic rings. The molecular weight excluding hydrogens is 324 g/mol. The van der Waals surface area contributed by atoms with Crippen molar-refractivity contribution in [1.82, 2.24) is 0 Å². The lowest BCUT2D eigenvalue weighted by molar-refractivity contribution is 0.0300. The molecule has 6 nitrogen and oxygen atoms in total. The summed E-state index contributed by atoms with van der Waals surface area (Å²) in [6, 6.07) is 0. The van der Waals surface area contributed by atoms with E-state index in [9.17, 15) is 0 Å². The van der Waals surface area contributed by atoms with E-state index in [1.165, 1.54) is 32.6 Å². The van der Waals surface area contributed by atoms with Crippen molar-refractivity contribution in [2.75, 3.05) is 33.0 Å². The summed E-state index contributed by atoms with van der Waals surface area (Å²) < 4.78 is 10.6. The van der Waals surface area contributed by atoms with Crippen molar-refractivity contribution >= 4 is 0 Å². The first-order chi connectivity index (χ1) is 11.7. The van der Waals surface area contributed by atoms with Crippen LogP contribution >= 0.6 is 0 Å². The predicted molar refractivity (Wildman–Crippen MR) is 105 cm³/mol. The van der Waals surface area contributed by atoms with Crippen LogP contribution in [0, 0.1) is 0 Å². The Labute approximate surface area is 156 Å². The Bertz CT molecular complexity index is 173. The van der Waals surface area contributed by atoms with E-state index in [1.807, 2.05) is 27.7 Å². The number of rotatable bonds is 10. The maximum absolute atomic E-state index is 8.11. The van der Waals surface area contributed by atoms with E-state index in [2.05, 4.69) is 13.8 Å². The van der Waals surface area contributed by atoms with E-state index in [4.69, 9.17) is 29.9 Å². The molecule has 25 heavy (non-hydrogen) atoms. The van der Waals surface area contributed by atoms with Crippen LogP contribution in [0.2, 0.25) is 0 Å². The summed E-state index contributed by atoms with van der Waals surface area (Å²) in [5.74, 6) is 0. The highest BCUT2D eigenvalue weighted by atomic mass is 16.5. The normalized spacial score (nSPS) is 10.9. The van der Waals surface area contributed by atoms with Crippen LogP contribution in [0.5, 0.6) is 0 Å². The summed E-state index contributed by atoms with van der Waals surface area (Å²) in [6.45, 7) is 15.6. The van der Waals surface area contributed by atoms with E-state index >= 15 is 0 Å². The van der Waals surface area contributed by atoms with E-state index in [1.54, 1.807) is 0 Å². The Morgan fingerprint density at radius 2 is 1.04 bits per heavy atom. The number of hydrogen-bond acceptors (Lipinski definition) is 6. The molecule has 0 heterocycles. The maximum Gasteiger partial charge on any atom is 0.0742 e. The van der Waals surface area contributed by atoms with Gasteiger partial charge < -0.3 is 29.9 Å². The zero-order chi connectivity index (χ0) is 20.5. The molecule has 0 amide bonds. The summed E-state index contributed by atoms with van der Waals surface area (Å²) in [7, 11) is 0. The van der Waals surface area contributed by atoms with Crippen molar-refractivity contribution in [3.63, 3.8) is 0 Å². The molecule has 0 saturated heterocycles. The van der Waals surface area contributed by atoms with Gasteiger partial charge in [0.15, 0.2) is 0 Å². The standard InChI is InChI=1S/C8H18O.C6H14O.C3H8O2.C2H6O2/c1-3-5-7-9-8-6-4-2;1-5(2)7-6(3)4;1-3(5)2-4;3-1-2-4/h3-8H2,1-2H3;5-6H,1-4H3;3-5H,2H2,1H3;3-4H,1-2H2. The Kier molecular flexibility index (Phi) is 40.9. The third-order valence-corrected chi connectivity index (χ3v) is 2.19. The summed E-state index contributed by atoms with van der Waals surface area (Å²) in [6.07, 6.45) is 5.10. The van der Waals surface area contributed by atoms with Crippen molar-refractivity contribution in [3.8, 4) is 0 Å². The lowest BCUT2D eigenvalue weighted by Crippen LogP contribution is -2.09. The first-order valence-electron chi connectivity index (χ1n) is 9.46. The van der Waals surface area contributed by atoms with Gasteiger partial charge >= 0.3 is 0 Å². The zero-order valence-corrected chi connectivity index (χ0v) is 17.7. The number of hydrogen-bond donors (Lipinski definition) is 4. The molecule has 4 N–H and O–H groups in total. The van der Waals surface area contributed by atoms with E-state index in [-0.39, 0.29) is 19.8 Å². The fourth-order valence-electron chi connectivity index (χ4n) is 1.14. The highest BCUT2D eigenvalue weighted by molar-refractivity contribution is 4.40. The Morgan fingerprint density at radius 1 is 0.720 bits per heavy atom. The number of aliphatic hydroxyl groups excluding tert-OH is 4. The maximum atomic E-state index is 8.11. The van der Waals surface area contributed by atoms with Gasteiger partial charge in [0.05, 0.1) is 38.1 Å². The SMILES string of the molecule is CC(C)OC(C)C.CC(O)CO.CCCCOCCCC.OCCO. The quantitative estimate of drug-likeness (QED) is 0.441. The minimum absolute atomic E-state index is 0.125. The zero-order valence-electron chi connectivity index (χ0n) is 17.7. The minimum Gasteiger partial charge on any atom is -0.394 e. The third-order valence-electron chi connectivity index (χ3n) is 2.19. The topological polar surface area (TPSA) is 99.4 Å². The molecular formula is C19H46O6. The summed E-state index contributed by atoms with van der Waals surface area (Å²) >= 11 is 0. The molecule has 0 bridgehead atoms. The molecule has 0 aliphatic carbocycles. The number of ether oxygens (including phenoxy) is 2. The lowest BCUT2D eigenvalue weighted by Gasteiger charge is -2.09. The van der Waals surface area contributed by atoms with Crippen LogP contribution in [-0.4, -0.2) is 71.8 Å². The highest BCUT2D eigenvalue weighted by Gasteiger charge is 1.94. The average molecular weight is 371 g/mol. The van der Waals surface area contributed by atoms with Gasteiger partial charge in [-0.1, -0.05) is 26.7 Å². The van der Waals surface area contributed by atoms with Crippen molar-refractivity contribution in [2.45, 2.75) is 92.5 Å². The smallest absolute Gasteiger partial charge is 0.0742 e. The number of unbranched alkanes of at least 4 members (excludes halogenated alkanes) is 2. The summed E-state index contributed by atoms with van der Waals surface area (Å²) in [5.41, 5.74) is 0. The molecule has 0 saturated carbocycles. The molecule has 0 spiro atoms. The molecule has 0 radical (unpaired) electrons. The second-order valence-corrected chi connectivity index (χ2v) is 6.03. The Morgan fingerprint density at radius 3 is 1.16 bits per heavy atom. The fourth-order valence-corrected chi connectivity index (χ4v) is 1.14. The largest absolute Gasteiger partial charge is 0.394 e. The summed E-state index contributed by atoms with van der Waals surface area (Å²) in [4.78, 5) is 0. The van der Waals surface area contributed by atoms with Gasteiger partial charge in [-0.25, -0.2) is 0 Å². The van der Waals surface area contributed by atoms with Crippen LogP contribution in [0.4, 0.5) is 0 Å². The van der Waals surface area contributed by atoms with Crippen LogP contribution in [0.15, 0.2) is 0 Å². The van der Waals surface area contributed by atoms with Crippen molar-refractivity contribution < 1.29 is 29.9 Å². The predicted octanol–water partition coefficient (Wildman–Crippen LogP) is 2.75. The van der Waals surface area contributed by atoms with Crippen molar-refractivity contribution in [3.05, 3.63) is 0 Å². The summed E-state index contributed by atoms with van der Waals surface area (Å²) in [5, 5.41) is 31.3. The average Bonchev–Trinajstić information content (AvgIpc) is 2.55. The Hall–Kier alpha value is -0.240. The van der Waals surface area contributed by atoms with E-state index in [0.717, 1.165) is 13.2 Å². The van der Waals surface area contributed by atoms with Crippen molar-refractivity contribution in [2.24, 2.45) is 0 Å². The molecule has 0 aromatic carbocycles. The van der Waals surface area contributed by atoms with Gasteiger partial charge in [-0.05, 0) is 47.5 Å². The second-order valence-electron chi connectivity index (χ2n) is 6.03. The van der Waals surface area contributed by atoms with Gasteiger partial charge in [-0.3, -0.25) is 0 Å². The van der Waals surface area contributed by atoms with E-state index in [0.29, 0.717) is 12.2 Å². The fraction of sp³-hybridized carbons (Fsp3) is 1.00. The van der Waals surface area contributed by atoms with Crippen LogP contribution in [0.25, 0.3) is 0 Å². The van der Waals surface area contributed by atoms with Gasteiger partial charge in [0.2, 0.25) is 0 Å². The van der Waals surface area contributed by atoms with Crippen LogP contribution in [-0.2, 0) is 9.47 Å². The lowest BCUT2D eigenvalue weighted by atomic mass is 10.3. The molecule has 1 atom stereocenters. The molecule has 1 unspecified atom stereocenters. The molecule has 0 rings (SSSR count). The Balaban J connectivity index is -0.000000123. The van der Waals surface area contributed by atoms with Crippen LogP contribution in [0.3, 0.4) is 0 Å². The van der Waals surface area contributed by atoms with Gasteiger partial charge in [0.25, 0.3) is 0 Å². The van der Waals surface area contributed by atoms with Crippen molar-refractivity contribution in [1.29, 1.82) is 0 Å². The molecule has 6 heteroatoms. The molecule has 0 aliphatic heterocycles. The highest BCUT2D eigenvalue weighted by Crippen LogP contribution is 1.93. The van der Waals surface area contributed by atoms with Crippen LogP contribution in [0.1, 0.15) is 74.1 Å². The first kappa shape index (κ1) is 32.4. The second kappa shape index (κ2) is 31.5. The molecule has 158 valence electrons. The van der Waals surface area contributed by atoms with E-state index < -0.39 is 6.10 Å². The van der Waals surface area contributed by atoms with Gasteiger partial charge in [0.1, 0.15) is 0 Å². The molecule has 0 aromatic rings. The van der Waals surface area contributed by atoms with Gasteiger partial charge in [-0.2, -0.15) is 0 Å². The molecule has 0 aromatic heterocycles. The third kappa shape index (κ3) is 69.1. The first-order valence-corrected chi connectivity index (χ1v) is 9.46. The number of aliphatic hydroxyl groups is 4. The molecule has 0 fully saturated rings. The van der Waals surface area contributed by atoms with Gasteiger partial charge in [-0.15, -0.1) is 0 Å².